The summed E-state index contributed by atoms with van der Waals surface area (Å²) in [7, 11) is 1.70. The Balaban J connectivity index is 1.43. The first-order valence-electron chi connectivity index (χ1n) is 8.77. The van der Waals surface area contributed by atoms with Gasteiger partial charge in [0.1, 0.15) is 12.4 Å². The van der Waals surface area contributed by atoms with E-state index in [0.717, 1.165) is 36.1 Å². The van der Waals surface area contributed by atoms with Gasteiger partial charge in [-0.1, -0.05) is 42.5 Å². The summed E-state index contributed by atoms with van der Waals surface area (Å²) in [6.07, 6.45) is 3.56. The molecule has 0 radical (unpaired) electrons. The van der Waals surface area contributed by atoms with Crippen LogP contribution < -0.4 is 10.1 Å². The van der Waals surface area contributed by atoms with E-state index in [1.807, 2.05) is 54.6 Å². The summed E-state index contributed by atoms with van der Waals surface area (Å²) < 4.78 is 11.2. The standard InChI is InChI=1S/C21H25NO3/c1-24-21(12-5-13-21)14-20(23)22-15-17-8-10-18(11-9-17)16-25-19-6-3-2-4-7-19/h2-4,6-11H,5,12-16H2,1H3,(H,22,23). The number of rotatable bonds is 8. The molecule has 2 aromatic carbocycles. The lowest BCUT2D eigenvalue weighted by Gasteiger charge is -2.39. The zero-order chi connectivity index (χ0) is 17.5. The monoisotopic (exact) mass is 339 g/mol. The Morgan fingerprint density at radius 2 is 1.72 bits per heavy atom. The molecule has 0 saturated heterocycles. The second-order valence-electron chi connectivity index (χ2n) is 6.61. The molecule has 132 valence electrons. The minimum Gasteiger partial charge on any atom is -0.489 e. The number of carbonyl (C=O) groups excluding carboxylic acids is 1. The quantitative estimate of drug-likeness (QED) is 0.795. The lowest BCUT2D eigenvalue weighted by atomic mass is 9.77. The van der Waals surface area contributed by atoms with Crippen molar-refractivity contribution in [1.82, 2.24) is 5.32 Å². The maximum absolute atomic E-state index is 12.1. The number of carbonyl (C=O) groups is 1. The van der Waals surface area contributed by atoms with Gasteiger partial charge in [-0.05, 0) is 42.5 Å². The molecular formula is C21H25NO3. The minimum absolute atomic E-state index is 0.0537. The van der Waals surface area contributed by atoms with Crippen LogP contribution in [0.3, 0.4) is 0 Å². The summed E-state index contributed by atoms with van der Waals surface area (Å²) in [5.41, 5.74) is 1.96. The Morgan fingerprint density at radius 3 is 2.32 bits per heavy atom. The molecule has 1 amide bonds. The fourth-order valence-electron chi connectivity index (χ4n) is 3.02. The SMILES string of the molecule is COC1(CC(=O)NCc2ccc(COc3ccccc3)cc2)CCC1. The molecule has 0 atom stereocenters. The van der Waals surface area contributed by atoms with Crippen LogP contribution in [0.25, 0.3) is 0 Å². The molecule has 1 aliphatic carbocycles. The highest BCUT2D eigenvalue weighted by molar-refractivity contribution is 5.77. The number of amides is 1. The predicted octanol–water partition coefficient (Wildman–Crippen LogP) is 3.84. The summed E-state index contributed by atoms with van der Waals surface area (Å²) in [6, 6.07) is 17.9. The first-order chi connectivity index (χ1) is 12.2. The van der Waals surface area contributed by atoms with Gasteiger partial charge in [-0.25, -0.2) is 0 Å². The minimum atomic E-state index is -0.220. The first kappa shape index (κ1) is 17.5. The third-order valence-electron chi connectivity index (χ3n) is 4.84. The van der Waals surface area contributed by atoms with Crippen molar-refractivity contribution in [2.24, 2.45) is 0 Å². The summed E-state index contributed by atoms with van der Waals surface area (Å²) in [6.45, 7) is 1.07. The van der Waals surface area contributed by atoms with Crippen molar-refractivity contribution in [3.8, 4) is 5.75 Å². The number of ether oxygens (including phenoxy) is 2. The van der Waals surface area contributed by atoms with Crippen molar-refractivity contribution in [2.75, 3.05) is 7.11 Å². The fourth-order valence-corrected chi connectivity index (χ4v) is 3.02. The molecule has 0 aromatic heterocycles. The van der Waals surface area contributed by atoms with Gasteiger partial charge in [0.05, 0.1) is 12.0 Å². The highest BCUT2D eigenvalue weighted by atomic mass is 16.5. The third-order valence-corrected chi connectivity index (χ3v) is 4.84. The van der Waals surface area contributed by atoms with Crippen LogP contribution in [0.1, 0.15) is 36.8 Å². The summed E-state index contributed by atoms with van der Waals surface area (Å²) in [4.78, 5) is 12.1. The molecule has 0 unspecified atom stereocenters. The van der Waals surface area contributed by atoms with Gasteiger partial charge >= 0.3 is 0 Å². The second kappa shape index (κ2) is 8.17. The van der Waals surface area contributed by atoms with E-state index in [0.29, 0.717) is 19.6 Å². The molecule has 1 fully saturated rings. The van der Waals surface area contributed by atoms with Gasteiger partial charge in [0.15, 0.2) is 0 Å². The molecule has 0 bridgehead atoms. The Hall–Kier alpha value is -2.33. The number of benzene rings is 2. The van der Waals surface area contributed by atoms with Crippen molar-refractivity contribution in [2.45, 2.75) is 44.4 Å². The normalized spacial score (nSPS) is 15.2. The van der Waals surface area contributed by atoms with E-state index in [4.69, 9.17) is 9.47 Å². The highest BCUT2D eigenvalue weighted by Crippen LogP contribution is 2.37. The Bertz CT molecular complexity index is 673. The molecule has 4 nitrogen and oxygen atoms in total. The van der Waals surface area contributed by atoms with E-state index < -0.39 is 0 Å². The topological polar surface area (TPSA) is 47.6 Å². The number of hydrogen-bond acceptors (Lipinski definition) is 3. The van der Waals surface area contributed by atoms with Gasteiger partial charge in [0.2, 0.25) is 5.91 Å². The molecule has 1 aliphatic rings. The molecule has 0 spiro atoms. The number of methoxy groups -OCH3 is 1. The molecular weight excluding hydrogens is 314 g/mol. The van der Waals surface area contributed by atoms with Crippen LogP contribution in [-0.2, 0) is 22.7 Å². The van der Waals surface area contributed by atoms with Crippen LogP contribution in [0.15, 0.2) is 54.6 Å². The van der Waals surface area contributed by atoms with Gasteiger partial charge in [-0.3, -0.25) is 4.79 Å². The number of para-hydroxylation sites is 1. The number of hydrogen-bond donors (Lipinski definition) is 1. The van der Waals surface area contributed by atoms with Crippen molar-refractivity contribution < 1.29 is 14.3 Å². The molecule has 4 heteroatoms. The maximum atomic E-state index is 12.1. The van der Waals surface area contributed by atoms with Crippen LogP contribution in [0, 0.1) is 0 Å². The Morgan fingerprint density at radius 1 is 1.04 bits per heavy atom. The van der Waals surface area contributed by atoms with Crippen molar-refractivity contribution >= 4 is 5.91 Å². The molecule has 0 heterocycles. The van der Waals surface area contributed by atoms with E-state index >= 15 is 0 Å². The third kappa shape index (κ3) is 4.83. The second-order valence-corrected chi connectivity index (χ2v) is 6.61. The zero-order valence-electron chi connectivity index (χ0n) is 14.7. The largest absolute Gasteiger partial charge is 0.489 e. The zero-order valence-corrected chi connectivity index (χ0v) is 14.7. The smallest absolute Gasteiger partial charge is 0.223 e. The maximum Gasteiger partial charge on any atom is 0.223 e. The fraction of sp³-hybridized carbons (Fsp3) is 0.381. The molecule has 25 heavy (non-hydrogen) atoms. The van der Waals surface area contributed by atoms with E-state index in [-0.39, 0.29) is 11.5 Å². The van der Waals surface area contributed by atoms with Crippen LogP contribution in [0.4, 0.5) is 0 Å². The van der Waals surface area contributed by atoms with Crippen LogP contribution in [-0.4, -0.2) is 18.6 Å². The lowest BCUT2D eigenvalue weighted by Crippen LogP contribution is -2.43. The Kier molecular flexibility index (Phi) is 5.71. The Labute approximate surface area is 149 Å². The van der Waals surface area contributed by atoms with E-state index in [9.17, 15) is 4.79 Å². The summed E-state index contributed by atoms with van der Waals surface area (Å²) in [5.74, 6) is 0.917. The molecule has 1 saturated carbocycles. The van der Waals surface area contributed by atoms with Crippen LogP contribution >= 0.6 is 0 Å². The molecule has 3 rings (SSSR count). The van der Waals surface area contributed by atoms with Gasteiger partial charge in [0.25, 0.3) is 0 Å². The van der Waals surface area contributed by atoms with E-state index in [1.54, 1.807) is 7.11 Å². The van der Waals surface area contributed by atoms with Crippen LogP contribution in [0.2, 0.25) is 0 Å². The summed E-state index contributed by atoms with van der Waals surface area (Å²) >= 11 is 0. The van der Waals surface area contributed by atoms with Gasteiger partial charge < -0.3 is 14.8 Å². The number of nitrogens with one attached hydrogen (secondary N) is 1. The lowest BCUT2D eigenvalue weighted by molar-refractivity contribution is -0.134. The van der Waals surface area contributed by atoms with Crippen molar-refractivity contribution in [3.05, 3.63) is 65.7 Å². The highest BCUT2D eigenvalue weighted by Gasteiger charge is 2.38. The van der Waals surface area contributed by atoms with Crippen molar-refractivity contribution in [3.63, 3.8) is 0 Å². The van der Waals surface area contributed by atoms with Crippen LogP contribution in [0.5, 0.6) is 5.75 Å². The molecule has 1 N–H and O–H groups in total. The van der Waals surface area contributed by atoms with E-state index in [1.165, 1.54) is 0 Å². The average Bonchev–Trinajstić information content (AvgIpc) is 2.63. The van der Waals surface area contributed by atoms with E-state index in [2.05, 4.69) is 5.32 Å². The predicted molar refractivity (Wildman–Crippen MR) is 97.3 cm³/mol. The molecule has 0 aliphatic heterocycles. The summed E-state index contributed by atoms with van der Waals surface area (Å²) in [5, 5.41) is 2.98. The van der Waals surface area contributed by atoms with Gasteiger partial charge in [-0.2, -0.15) is 0 Å². The van der Waals surface area contributed by atoms with Gasteiger partial charge in [0, 0.05) is 13.7 Å². The first-order valence-corrected chi connectivity index (χ1v) is 8.77. The van der Waals surface area contributed by atoms with Crippen molar-refractivity contribution in [1.29, 1.82) is 0 Å². The molecule has 2 aromatic rings. The van der Waals surface area contributed by atoms with Gasteiger partial charge in [-0.15, -0.1) is 0 Å². The average molecular weight is 339 g/mol.